The molecule has 1 atom stereocenters. The van der Waals surface area contributed by atoms with Gasteiger partial charge in [-0.2, -0.15) is 5.10 Å². The van der Waals surface area contributed by atoms with Crippen molar-refractivity contribution in [2.24, 2.45) is 0 Å². The van der Waals surface area contributed by atoms with Crippen molar-refractivity contribution in [2.75, 3.05) is 5.32 Å². The lowest BCUT2D eigenvalue weighted by molar-refractivity contribution is 0.687. The molecule has 1 aromatic heterocycles. The molecule has 0 fully saturated rings. The van der Waals surface area contributed by atoms with Gasteiger partial charge < -0.3 is 10.6 Å². The van der Waals surface area contributed by atoms with Crippen molar-refractivity contribution in [3.63, 3.8) is 0 Å². The van der Waals surface area contributed by atoms with Crippen molar-refractivity contribution in [1.82, 2.24) is 15.1 Å². The summed E-state index contributed by atoms with van der Waals surface area (Å²) in [6.45, 7) is 2.80. The van der Waals surface area contributed by atoms with E-state index in [1.807, 2.05) is 41.2 Å². The maximum absolute atomic E-state index is 5.44. The van der Waals surface area contributed by atoms with E-state index < -0.39 is 0 Å². The van der Waals surface area contributed by atoms with E-state index in [-0.39, 0.29) is 6.04 Å². The monoisotopic (exact) mass is 414 g/mol. The van der Waals surface area contributed by atoms with Crippen LogP contribution in [0, 0.1) is 0 Å². The summed E-state index contributed by atoms with van der Waals surface area (Å²) in [6.07, 6.45) is 3.74. The number of aromatic nitrogens is 2. The molecule has 6 heteroatoms. The molecule has 0 aliphatic carbocycles. The lowest BCUT2D eigenvalue weighted by Gasteiger charge is -2.17. The van der Waals surface area contributed by atoms with Crippen LogP contribution in [-0.4, -0.2) is 14.9 Å². The highest BCUT2D eigenvalue weighted by Crippen LogP contribution is 2.15. The smallest absolute Gasteiger partial charge is 0.171 e. The largest absolute Gasteiger partial charge is 0.356 e. The Labute approximate surface area is 161 Å². The minimum absolute atomic E-state index is 0.144. The maximum atomic E-state index is 5.44. The summed E-state index contributed by atoms with van der Waals surface area (Å²) in [6, 6.07) is 18.6. The highest BCUT2D eigenvalue weighted by atomic mass is 79.9. The van der Waals surface area contributed by atoms with Crippen LogP contribution in [0.2, 0.25) is 0 Å². The summed E-state index contributed by atoms with van der Waals surface area (Å²) in [5.74, 6) is 0. The van der Waals surface area contributed by atoms with Crippen molar-refractivity contribution in [2.45, 2.75) is 19.5 Å². The molecule has 3 aromatic rings. The third-order valence-corrected chi connectivity index (χ3v) is 4.41. The normalized spacial score (nSPS) is 11.8. The van der Waals surface area contributed by atoms with Crippen LogP contribution in [-0.2, 0) is 6.54 Å². The highest BCUT2D eigenvalue weighted by molar-refractivity contribution is 9.10. The first-order valence-corrected chi connectivity index (χ1v) is 9.19. The van der Waals surface area contributed by atoms with Gasteiger partial charge in [-0.15, -0.1) is 0 Å². The van der Waals surface area contributed by atoms with Crippen LogP contribution < -0.4 is 10.6 Å². The summed E-state index contributed by atoms with van der Waals surface area (Å²) < 4.78 is 2.86. The molecule has 0 radical (unpaired) electrons. The van der Waals surface area contributed by atoms with E-state index in [2.05, 4.69) is 62.9 Å². The maximum Gasteiger partial charge on any atom is 0.171 e. The molecule has 3 rings (SSSR count). The van der Waals surface area contributed by atoms with E-state index in [0.29, 0.717) is 11.7 Å². The van der Waals surface area contributed by atoms with E-state index in [4.69, 9.17) is 12.2 Å². The number of anilines is 1. The second-order valence-corrected chi connectivity index (χ2v) is 7.11. The van der Waals surface area contributed by atoms with Gasteiger partial charge in [-0.05, 0) is 58.3 Å². The molecular weight excluding hydrogens is 396 g/mol. The highest BCUT2D eigenvalue weighted by Gasteiger charge is 2.07. The second kappa shape index (κ2) is 8.27. The third kappa shape index (κ3) is 5.14. The number of nitrogens with zero attached hydrogens (tertiary/aromatic N) is 2. The minimum atomic E-state index is 0.144. The number of halogens is 1. The molecule has 4 nitrogen and oxygen atoms in total. The molecule has 2 aromatic carbocycles. The van der Waals surface area contributed by atoms with E-state index in [0.717, 1.165) is 15.7 Å². The Balaban J connectivity index is 1.60. The molecule has 0 aliphatic heterocycles. The van der Waals surface area contributed by atoms with E-state index in [9.17, 15) is 0 Å². The Kier molecular flexibility index (Phi) is 5.83. The summed E-state index contributed by atoms with van der Waals surface area (Å²) in [5, 5.41) is 11.5. The standard InChI is InChI=1S/C19H19BrN4S/c1-14(16-7-3-2-4-8-16)22-19(25)23-18-9-5-6-15(10-18)12-24-13-17(20)11-21-24/h2-11,13-14H,12H2,1H3,(H2,22,23,25). The lowest BCUT2D eigenvalue weighted by atomic mass is 10.1. The lowest BCUT2D eigenvalue weighted by Crippen LogP contribution is -2.30. The van der Waals surface area contributed by atoms with Crippen molar-refractivity contribution >= 4 is 38.9 Å². The predicted octanol–water partition coefficient (Wildman–Crippen LogP) is 4.74. The quantitative estimate of drug-likeness (QED) is 0.591. The van der Waals surface area contributed by atoms with Crippen LogP contribution in [0.25, 0.3) is 0 Å². The Hall–Kier alpha value is -2.18. The summed E-state index contributed by atoms with van der Waals surface area (Å²) >= 11 is 8.86. The molecule has 1 heterocycles. The van der Waals surface area contributed by atoms with Crippen LogP contribution in [0.1, 0.15) is 24.1 Å². The summed E-state index contributed by atoms with van der Waals surface area (Å²) in [7, 11) is 0. The number of nitrogens with one attached hydrogen (secondary N) is 2. The van der Waals surface area contributed by atoms with Crippen LogP contribution in [0.15, 0.2) is 71.5 Å². The average molecular weight is 415 g/mol. The number of hydrogen-bond donors (Lipinski definition) is 2. The number of thiocarbonyl (C=S) groups is 1. The Morgan fingerprint density at radius 2 is 2.00 bits per heavy atom. The van der Waals surface area contributed by atoms with Crippen molar-refractivity contribution in [3.05, 3.63) is 82.6 Å². The second-order valence-electron chi connectivity index (χ2n) is 5.79. The molecule has 25 heavy (non-hydrogen) atoms. The molecule has 0 spiro atoms. The van der Waals surface area contributed by atoms with Crippen LogP contribution in [0.3, 0.4) is 0 Å². The van der Waals surface area contributed by atoms with E-state index in [1.54, 1.807) is 6.20 Å². The predicted molar refractivity (Wildman–Crippen MR) is 110 cm³/mol. The third-order valence-electron chi connectivity index (χ3n) is 3.78. The first-order chi connectivity index (χ1) is 12.1. The van der Waals surface area contributed by atoms with Gasteiger partial charge in [0.2, 0.25) is 0 Å². The average Bonchev–Trinajstić information content (AvgIpc) is 3.00. The molecule has 0 saturated heterocycles. The summed E-state index contributed by atoms with van der Waals surface area (Å²) in [4.78, 5) is 0. The molecule has 0 bridgehead atoms. The van der Waals surface area contributed by atoms with E-state index >= 15 is 0 Å². The number of hydrogen-bond acceptors (Lipinski definition) is 2. The molecule has 128 valence electrons. The molecule has 0 amide bonds. The molecular formula is C19H19BrN4S. The van der Waals surface area contributed by atoms with Gasteiger partial charge in [-0.1, -0.05) is 42.5 Å². The van der Waals surface area contributed by atoms with Gasteiger partial charge in [-0.3, -0.25) is 4.68 Å². The first-order valence-electron chi connectivity index (χ1n) is 7.99. The van der Waals surface area contributed by atoms with Gasteiger partial charge in [0.1, 0.15) is 0 Å². The Morgan fingerprint density at radius 3 is 2.72 bits per heavy atom. The zero-order valence-electron chi connectivity index (χ0n) is 13.8. The first kappa shape index (κ1) is 17.6. The zero-order valence-corrected chi connectivity index (χ0v) is 16.2. The van der Waals surface area contributed by atoms with Gasteiger partial charge in [0.05, 0.1) is 23.3 Å². The van der Waals surface area contributed by atoms with Crippen molar-refractivity contribution in [3.8, 4) is 0 Å². The zero-order chi connectivity index (χ0) is 17.6. The van der Waals surface area contributed by atoms with E-state index in [1.165, 1.54) is 5.56 Å². The fourth-order valence-corrected chi connectivity index (χ4v) is 3.17. The fourth-order valence-electron chi connectivity index (χ4n) is 2.55. The van der Waals surface area contributed by atoms with Gasteiger partial charge in [-0.25, -0.2) is 0 Å². The molecule has 1 unspecified atom stereocenters. The Bertz CT molecular complexity index is 847. The van der Waals surface area contributed by atoms with Crippen molar-refractivity contribution in [1.29, 1.82) is 0 Å². The Morgan fingerprint density at radius 1 is 1.20 bits per heavy atom. The molecule has 0 aliphatic rings. The number of rotatable bonds is 5. The van der Waals surface area contributed by atoms with Gasteiger partial charge in [0, 0.05) is 11.9 Å². The van der Waals surface area contributed by atoms with Gasteiger partial charge >= 0.3 is 0 Å². The van der Waals surface area contributed by atoms with Crippen LogP contribution >= 0.6 is 28.1 Å². The summed E-state index contributed by atoms with van der Waals surface area (Å²) in [5.41, 5.74) is 3.31. The van der Waals surface area contributed by atoms with Crippen molar-refractivity contribution < 1.29 is 0 Å². The van der Waals surface area contributed by atoms with Crippen LogP contribution in [0.4, 0.5) is 5.69 Å². The van der Waals surface area contributed by atoms with Gasteiger partial charge in [0.15, 0.2) is 5.11 Å². The fraction of sp³-hybridized carbons (Fsp3) is 0.158. The van der Waals surface area contributed by atoms with Gasteiger partial charge in [0.25, 0.3) is 0 Å². The SMILES string of the molecule is CC(NC(=S)Nc1cccc(Cn2cc(Br)cn2)c1)c1ccccc1. The molecule has 2 N–H and O–H groups in total. The number of benzene rings is 2. The molecule has 0 saturated carbocycles. The minimum Gasteiger partial charge on any atom is -0.356 e. The topological polar surface area (TPSA) is 41.9 Å². The van der Waals surface area contributed by atoms with Crippen LogP contribution in [0.5, 0.6) is 0 Å².